The zero-order valence-electron chi connectivity index (χ0n) is 24.5. The Bertz CT molecular complexity index is 1110. The number of aliphatic hydroxyl groups excluding tert-OH is 1. The lowest BCUT2D eigenvalue weighted by Gasteiger charge is -2.44. The van der Waals surface area contributed by atoms with Crippen LogP contribution in [-0.2, 0) is 10.8 Å². The Labute approximate surface area is 240 Å². The van der Waals surface area contributed by atoms with E-state index in [9.17, 15) is 5.11 Å². The van der Waals surface area contributed by atoms with Gasteiger partial charge in [0.15, 0.2) is 8.32 Å². The number of hydrogen-bond donors (Lipinski definition) is 1. The van der Waals surface area contributed by atoms with E-state index in [4.69, 9.17) is 9.41 Å². The molecule has 1 fully saturated rings. The molecule has 2 aliphatic rings. The molecule has 37 heavy (non-hydrogen) atoms. The van der Waals surface area contributed by atoms with Crippen molar-refractivity contribution >= 4 is 30.9 Å². The minimum absolute atomic E-state index is 0.0194. The third-order valence-corrected chi connectivity index (χ3v) is 14.8. The maximum atomic E-state index is 11.9. The van der Waals surface area contributed by atoms with Crippen LogP contribution in [0.1, 0.15) is 138 Å². The second-order valence-corrected chi connectivity index (χ2v) is 20.0. The molecular formula is C32H48INO2Si. The molecule has 0 amide bonds. The summed E-state index contributed by atoms with van der Waals surface area (Å²) < 4.78 is 8.33. The summed E-state index contributed by atoms with van der Waals surface area (Å²) in [4.78, 5) is 5.46. The first-order chi connectivity index (χ1) is 17.1. The third kappa shape index (κ3) is 6.05. The molecule has 0 aliphatic heterocycles. The van der Waals surface area contributed by atoms with E-state index in [-0.39, 0.29) is 16.6 Å². The molecule has 1 N–H and O–H groups in total. The van der Waals surface area contributed by atoms with Crippen LogP contribution in [0.3, 0.4) is 0 Å². The van der Waals surface area contributed by atoms with Crippen LogP contribution in [0.5, 0.6) is 0 Å². The first-order valence-electron chi connectivity index (χ1n) is 14.3. The fourth-order valence-electron chi connectivity index (χ4n) is 5.87. The fraction of sp³-hybridized carbons (Fsp3) is 0.656. The van der Waals surface area contributed by atoms with Gasteiger partial charge in [-0.15, -0.1) is 0 Å². The number of aliphatic hydroxyl groups is 1. The van der Waals surface area contributed by atoms with E-state index in [0.717, 1.165) is 29.7 Å². The molecule has 1 unspecified atom stereocenters. The summed E-state index contributed by atoms with van der Waals surface area (Å²) in [6.45, 7) is 20.8. The molecule has 1 aromatic carbocycles. The van der Waals surface area contributed by atoms with Gasteiger partial charge in [-0.05, 0) is 88.9 Å². The molecule has 3 nitrogen and oxygen atoms in total. The lowest BCUT2D eigenvalue weighted by Crippen LogP contribution is -2.44. The topological polar surface area (TPSA) is 42.4 Å². The molecule has 1 saturated carbocycles. The summed E-state index contributed by atoms with van der Waals surface area (Å²) in [5.41, 5.74) is 7.03. The summed E-state index contributed by atoms with van der Waals surface area (Å²) in [6.07, 6.45) is 6.14. The van der Waals surface area contributed by atoms with E-state index < -0.39 is 14.4 Å². The van der Waals surface area contributed by atoms with E-state index >= 15 is 0 Å². The summed E-state index contributed by atoms with van der Waals surface area (Å²) >= 11 is 2.53. The van der Waals surface area contributed by atoms with Crippen LogP contribution in [0.15, 0.2) is 24.3 Å². The standard InChI is InChI=1S/C32H48INO2Si/c1-20(2)21-14-16-23(17-15-21)30(35)27-28(33)26-24(34-29(27)22-12-10-11-13-22)18-32(6,7)19-25(26)36-37(8,9)31(3,4)5/h14-17,20,22,25,30,35H,10-13,18-19H2,1-9H3/t25-,30?/m0/s1. The molecule has 2 aliphatic carbocycles. The van der Waals surface area contributed by atoms with Crippen LogP contribution in [0.25, 0.3) is 0 Å². The molecule has 2 atom stereocenters. The molecule has 0 bridgehead atoms. The van der Waals surface area contributed by atoms with Crippen molar-refractivity contribution in [3.8, 4) is 0 Å². The van der Waals surface area contributed by atoms with Crippen molar-refractivity contribution in [2.75, 3.05) is 0 Å². The first-order valence-corrected chi connectivity index (χ1v) is 18.3. The number of pyridine rings is 1. The Balaban J connectivity index is 1.87. The van der Waals surface area contributed by atoms with Crippen molar-refractivity contribution in [1.29, 1.82) is 0 Å². The van der Waals surface area contributed by atoms with E-state index in [1.54, 1.807) is 0 Å². The SMILES string of the molecule is CC(C)c1ccc(C(O)c2c(C3CCCC3)nc3c(c2I)[C@@H](O[Si](C)(C)C(C)(C)C)CC(C)(C)C3)cc1. The lowest BCUT2D eigenvalue weighted by molar-refractivity contribution is 0.104. The van der Waals surface area contributed by atoms with Crippen molar-refractivity contribution in [2.45, 2.75) is 129 Å². The minimum Gasteiger partial charge on any atom is -0.410 e. The lowest BCUT2D eigenvalue weighted by atomic mass is 9.74. The molecule has 5 heteroatoms. The second kappa shape index (κ2) is 10.7. The Kier molecular flexibility index (Phi) is 8.42. The second-order valence-electron chi connectivity index (χ2n) is 14.2. The van der Waals surface area contributed by atoms with Crippen molar-refractivity contribution in [3.63, 3.8) is 0 Å². The molecule has 0 saturated heterocycles. The number of nitrogens with zero attached hydrogens (tertiary/aromatic N) is 1. The van der Waals surface area contributed by atoms with Gasteiger partial charge in [0.1, 0.15) is 6.10 Å². The highest BCUT2D eigenvalue weighted by Gasteiger charge is 2.44. The Morgan fingerprint density at radius 2 is 1.62 bits per heavy atom. The number of halogens is 1. The van der Waals surface area contributed by atoms with Crippen molar-refractivity contribution < 1.29 is 9.53 Å². The number of aromatic nitrogens is 1. The van der Waals surface area contributed by atoms with Gasteiger partial charge in [-0.3, -0.25) is 4.98 Å². The van der Waals surface area contributed by atoms with E-state index in [2.05, 4.69) is 108 Å². The quantitative estimate of drug-likeness (QED) is 0.255. The largest absolute Gasteiger partial charge is 0.410 e. The fourth-order valence-corrected chi connectivity index (χ4v) is 8.37. The van der Waals surface area contributed by atoms with Gasteiger partial charge in [-0.1, -0.05) is 85.6 Å². The van der Waals surface area contributed by atoms with E-state index in [1.165, 1.54) is 46.1 Å². The molecule has 1 heterocycles. The molecule has 0 radical (unpaired) electrons. The highest BCUT2D eigenvalue weighted by Crippen LogP contribution is 2.51. The zero-order chi connectivity index (χ0) is 27.3. The number of fused-ring (bicyclic) bond motifs is 1. The van der Waals surface area contributed by atoms with Gasteiger partial charge >= 0.3 is 0 Å². The monoisotopic (exact) mass is 633 g/mol. The highest BCUT2D eigenvalue weighted by atomic mass is 127. The van der Waals surface area contributed by atoms with Crippen LogP contribution in [0.2, 0.25) is 18.1 Å². The maximum absolute atomic E-state index is 11.9. The van der Waals surface area contributed by atoms with Gasteiger partial charge in [0.05, 0.1) is 11.8 Å². The molecule has 0 spiro atoms. The Morgan fingerprint density at radius 1 is 1.05 bits per heavy atom. The van der Waals surface area contributed by atoms with Gasteiger partial charge in [-0.25, -0.2) is 0 Å². The number of benzene rings is 1. The predicted molar refractivity (Wildman–Crippen MR) is 166 cm³/mol. The van der Waals surface area contributed by atoms with Crippen LogP contribution in [-0.4, -0.2) is 18.4 Å². The zero-order valence-corrected chi connectivity index (χ0v) is 27.7. The Morgan fingerprint density at radius 3 is 2.16 bits per heavy atom. The van der Waals surface area contributed by atoms with Crippen LogP contribution >= 0.6 is 22.6 Å². The van der Waals surface area contributed by atoms with Crippen LogP contribution in [0.4, 0.5) is 0 Å². The molecule has 2 aromatic rings. The van der Waals surface area contributed by atoms with Gasteiger partial charge in [0.2, 0.25) is 0 Å². The number of rotatable bonds is 6. The molecule has 204 valence electrons. The molecular weight excluding hydrogens is 585 g/mol. The summed E-state index contributed by atoms with van der Waals surface area (Å²) in [6, 6.07) is 8.56. The molecule has 4 rings (SSSR count). The summed E-state index contributed by atoms with van der Waals surface area (Å²) in [7, 11) is -2.00. The van der Waals surface area contributed by atoms with E-state index in [0.29, 0.717) is 11.8 Å². The predicted octanol–water partition coefficient (Wildman–Crippen LogP) is 9.58. The van der Waals surface area contributed by atoms with Gasteiger partial charge in [0.25, 0.3) is 0 Å². The van der Waals surface area contributed by atoms with Crippen LogP contribution in [0, 0.1) is 8.99 Å². The van der Waals surface area contributed by atoms with Crippen molar-refractivity contribution in [1.82, 2.24) is 4.98 Å². The average molecular weight is 634 g/mol. The minimum atomic E-state index is -2.00. The van der Waals surface area contributed by atoms with Gasteiger partial charge in [-0.2, -0.15) is 0 Å². The smallest absolute Gasteiger partial charge is 0.192 e. The highest BCUT2D eigenvalue weighted by molar-refractivity contribution is 14.1. The summed E-state index contributed by atoms with van der Waals surface area (Å²) in [5, 5.41) is 12.1. The van der Waals surface area contributed by atoms with Crippen molar-refractivity contribution in [2.24, 2.45) is 5.41 Å². The Hall–Kier alpha value is -0.763. The van der Waals surface area contributed by atoms with Crippen LogP contribution < -0.4 is 0 Å². The first kappa shape index (κ1) is 29.2. The summed E-state index contributed by atoms with van der Waals surface area (Å²) in [5.74, 6) is 0.908. The third-order valence-electron chi connectivity index (χ3n) is 9.20. The van der Waals surface area contributed by atoms with E-state index in [1.807, 2.05) is 0 Å². The molecule has 1 aromatic heterocycles. The average Bonchev–Trinajstić information content (AvgIpc) is 3.31. The van der Waals surface area contributed by atoms with Gasteiger partial charge < -0.3 is 9.53 Å². The normalized spacial score (nSPS) is 21.4. The maximum Gasteiger partial charge on any atom is 0.192 e. The van der Waals surface area contributed by atoms with Gasteiger partial charge in [0, 0.05) is 26.3 Å². The van der Waals surface area contributed by atoms with Crippen molar-refractivity contribution in [3.05, 3.63) is 61.5 Å². The number of hydrogen-bond acceptors (Lipinski definition) is 3.